The summed E-state index contributed by atoms with van der Waals surface area (Å²) in [4.78, 5) is 5.05. The van der Waals surface area contributed by atoms with Crippen LogP contribution < -0.4 is 0 Å². The molecule has 2 aromatic carbocycles. The molecule has 0 radical (unpaired) electrons. The molecular weight excluding hydrogens is 334 g/mol. The molecule has 0 saturated heterocycles. The lowest BCUT2D eigenvalue weighted by molar-refractivity contribution is 0.409. The maximum atomic E-state index is 5.75. The Bertz CT molecular complexity index is 1090. The predicted octanol–water partition coefficient (Wildman–Crippen LogP) is 5.57. The molecule has 0 unspecified atom stereocenters. The lowest BCUT2D eigenvalue weighted by Gasteiger charge is -2.23. The van der Waals surface area contributed by atoms with E-state index in [9.17, 15) is 0 Å². The molecule has 4 heteroatoms. The van der Waals surface area contributed by atoms with Crippen LogP contribution in [0.25, 0.3) is 11.1 Å². The van der Waals surface area contributed by atoms with E-state index in [-0.39, 0.29) is 6.04 Å². The molecule has 4 aromatic rings. The number of nitrogens with zero attached hydrogens (tertiary/aromatic N) is 3. The fraction of sp³-hybridized carbons (Fsp3) is 0.130. The van der Waals surface area contributed by atoms with Gasteiger partial charge in [-0.3, -0.25) is 0 Å². The first-order valence-corrected chi connectivity index (χ1v) is 9.12. The van der Waals surface area contributed by atoms with Gasteiger partial charge in [0.25, 0.3) is 0 Å². The topological polar surface area (TPSA) is 43.3 Å². The summed E-state index contributed by atoms with van der Waals surface area (Å²) in [6, 6.07) is 24.6. The van der Waals surface area contributed by atoms with Gasteiger partial charge in [-0.25, -0.2) is 9.67 Å². The van der Waals surface area contributed by atoms with Crippen LogP contribution in [0.4, 0.5) is 5.82 Å². The van der Waals surface area contributed by atoms with Gasteiger partial charge in [-0.1, -0.05) is 60.7 Å². The highest BCUT2D eigenvalue weighted by molar-refractivity contribution is 6.04. The molecule has 1 atom stereocenters. The second-order valence-electron chi connectivity index (χ2n) is 6.75. The molecule has 5 rings (SSSR count). The summed E-state index contributed by atoms with van der Waals surface area (Å²) in [5, 5.41) is 4.84. The van der Waals surface area contributed by atoms with E-state index in [1.165, 1.54) is 0 Å². The summed E-state index contributed by atoms with van der Waals surface area (Å²) >= 11 is 0. The maximum Gasteiger partial charge on any atom is 0.159 e. The van der Waals surface area contributed by atoms with Crippen molar-refractivity contribution < 1.29 is 4.42 Å². The monoisotopic (exact) mass is 353 g/mol. The minimum absolute atomic E-state index is 0.00105. The fourth-order valence-corrected chi connectivity index (χ4v) is 3.76. The molecule has 0 fully saturated rings. The molecule has 0 bridgehead atoms. The van der Waals surface area contributed by atoms with Gasteiger partial charge in [0.1, 0.15) is 11.8 Å². The van der Waals surface area contributed by atoms with Crippen molar-refractivity contribution in [3.63, 3.8) is 0 Å². The Labute approximate surface area is 157 Å². The van der Waals surface area contributed by atoms with E-state index in [1.54, 1.807) is 6.26 Å². The Balaban J connectivity index is 1.74. The van der Waals surface area contributed by atoms with Crippen LogP contribution in [-0.2, 0) is 0 Å². The standard InChI is InChI=1S/C23H19N3O/c1-16-22(18-11-6-3-7-12-18)23-24-19(17-9-4-2-5-10-17)15-20(26(23)25-16)21-13-8-14-27-21/h2-14,20H,15H2,1H3/t20-/m1/s1. The fourth-order valence-electron chi connectivity index (χ4n) is 3.76. The predicted molar refractivity (Wildman–Crippen MR) is 107 cm³/mol. The van der Waals surface area contributed by atoms with Crippen LogP contribution in [-0.4, -0.2) is 15.5 Å². The molecule has 0 aliphatic carbocycles. The van der Waals surface area contributed by atoms with Crippen LogP contribution >= 0.6 is 0 Å². The van der Waals surface area contributed by atoms with E-state index < -0.39 is 0 Å². The number of aromatic nitrogens is 2. The van der Waals surface area contributed by atoms with Crippen molar-refractivity contribution >= 4 is 11.5 Å². The van der Waals surface area contributed by atoms with Crippen LogP contribution in [0.5, 0.6) is 0 Å². The van der Waals surface area contributed by atoms with Crippen molar-refractivity contribution in [2.24, 2.45) is 4.99 Å². The van der Waals surface area contributed by atoms with Gasteiger partial charge in [0.2, 0.25) is 0 Å². The van der Waals surface area contributed by atoms with Gasteiger partial charge in [0.15, 0.2) is 5.82 Å². The zero-order valence-electron chi connectivity index (χ0n) is 15.0. The summed E-state index contributed by atoms with van der Waals surface area (Å²) in [6.45, 7) is 2.05. The Hall–Kier alpha value is -3.40. The highest BCUT2D eigenvalue weighted by Gasteiger charge is 2.30. The van der Waals surface area contributed by atoms with Crippen molar-refractivity contribution in [3.8, 4) is 11.1 Å². The summed E-state index contributed by atoms with van der Waals surface area (Å²) in [5.74, 6) is 1.80. The van der Waals surface area contributed by atoms with Crippen LogP contribution in [0.1, 0.15) is 29.5 Å². The van der Waals surface area contributed by atoms with Crippen LogP contribution in [0.3, 0.4) is 0 Å². The van der Waals surface area contributed by atoms with Crippen molar-refractivity contribution in [3.05, 3.63) is 96.1 Å². The second-order valence-corrected chi connectivity index (χ2v) is 6.75. The molecule has 4 nitrogen and oxygen atoms in total. The SMILES string of the molecule is Cc1nn2c(c1-c1ccccc1)N=C(c1ccccc1)C[C@@H]2c1ccco1. The third kappa shape index (κ3) is 2.70. The summed E-state index contributed by atoms with van der Waals surface area (Å²) in [6.07, 6.45) is 2.47. The van der Waals surface area contributed by atoms with E-state index in [1.807, 2.05) is 48.0 Å². The molecule has 3 heterocycles. The second kappa shape index (κ2) is 6.40. The number of aliphatic imine (C=N–C) groups is 1. The van der Waals surface area contributed by atoms with Gasteiger partial charge in [0, 0.05) is 12.0 Å². The minimum atomic E-state index is -0.00105. The Morgan fingerprint density at radius 3 is 2.26 bits per heavy atom. The van der Waals surface area contributed by atoms with Gasteiger partial charge < -0.3 is 4.42 Å². The van der Waals surface area contributed by atoms with E-state index in [4.69, 9.17) is 14.5 Å². The normalized spacial score (nSPS) is 16.0. The van der Waals surface area contributed by atoms with Crippen LogP contribution in [0.15, 0.2) is 88.5 Å². The van der Waals surface area contributed by atoms with Gasteiger partial charge in [-0.2, -0.15) is 5.10 Å². The third-order valence-corrected chi connectivity index (χ3v) is 5.02. The molecule has 1 aliphatic rings. The molecule has 0 N–H and O–H groups in total. The number of fused-ring (bicyclic) bond motifs is 1. The highest BCUT2D eigenvalue weighted by atomic mass is 16.3. The Morgan fingerprint density at radius 2 is 1.59 bits per heavy atom. The smallest absolute Gasteiger partial charge is 0.159 e. The number of hydrogen-bond acceptors (Lipinski definition) is 3. The number of furan rings is 1. The molecule has 132 valence electrons. The molecule has 2 aromatic heterocycles. The summed E-state index contributed by atoms with van der Waals surface area (Å²) < 4.78 is 7.77. The number of hydrogen-bond donors (Lipinski definition) is 0. The first-order chi connectivity index (χ1) is 13.3. The third-order valence-electron chi connectivity index (χ3n) is 5.02. The zero-order valence-corrected chi connectivity index (χ0v) is 15.0. The van der Waals surface area contributed by atoms with E-state index in [0.29, 0.717) is 0 Å². The lowest BCUT2D eigenvalue weighted by atomic mass is 9.98. The largest absolute Gasteiger partial charge is 0.467 e. The quantitative estimate of drug-likeness (QED) is 0.483. The maximum absolute atomic E-state index is 5.75. The molecule has 27 heavy (non-hydrogen) atoms. The van der Waals surface area contributed by atoms with Crippen molar-refractivity contribution in [1.29, 1.82) is 0 Å². The van der Waals surface area contributed by atoms with E-state index in [2.05, 4.69) is 36.4 Å². The Kier molecular flexibility index (Phi) is 3.75. The van der Waals surface area contributed by atoms with Gasteiger partial charge in [-0.05, 0) is 30.2 Å². The number of aryl methyl sites for hydroxylation is 1. The van der Waals surface area contributed by atoms with Crippen LogP contribution in [0.2, 0.25) is 0 Å². The number of rotatable bonds is 3. The average Bonchev–Trinajstić information content (AvgIpc) is 3.36. The average molecular weight is 353 g/mol. The molecule has 0 amide bonds. The minimum Gasteiger partial charge on any atom is -0.467 e. The highest BCUT2D eigenvalue weighted by Crippen LogP contribution is 2.41. The Morgan fingerprint density at radius 1 is 0.889 bits per heavy atom. The van der Waals surface area contributed by atoms with E-state index >= 15 is 0 Å². The molecule has 0 saturated carbocycles. The van der Waals surface area contributed by atoms with Gasteiger partial charge in [0.05, 0.1) is 17.7 Å². The first kappa shape index (κ1) is 15.8. The summed E-state index contributed by atoms with van der Waals surface area (Å²) in [7, 11) is 0. The van der Waals surface area contributed by atoms with Crippen molar-refractivity contribution in [2.45, 2.75) is 19.4 Å². The van der Waals surface area contributed by atoms with Gasteiger partial charge in [-0.15, -0.1) is 0 Å². The van der Waals surface area contributed by atoms with Crippen molar-refractivity contribution in [2.75, 3.05) is 0 Å². The van der Waals surface area contributed by atoms with Gasteiger partial charge >= 0.3 is 0 Å². The zero-order chi connectivity index (χ0) is 18.2. The summed E-state index contributed by atoms with van der Waals surface area (Å²) in [5.41, 5.74) is 5.39. The van der Waals surface area contributed by atoms with Crippen LogP contribution in [0, 0.1) is 6.92 Å². The molecular formula is C23H19N3O. The first-order valence-electron chi connectivity index (χ1n) is 9.12. The van der Waals surface area contributed by atoms with Crippen molar-refractivity contribution in [1.82, 2.24) is 9.78 Å². The molecule has 1 aliphatic heterocycles. The lowest BCUT2D eigenvalue weighted by Crippen LogP contribution is -2.20. The molecule has 0 spiro atoms. The number of benzene rings is 2. The van der Waals surface area contributed by atoms with E-state index in [0.717, 1.165) is 46.1 Å².